The molecule has 0 aliphatic carbocycles. The predicted octanol–water partition coefficient (Wildman–Crippen LogP) is 3.68. The Morgan fingerprint density at radius 1 is 0.950 bits per heavy atom. The van der Waals surface area contributed by atoms with E-state index in [4.69, 9.17) is 9.57 Å². The van der Waals surface area contributed by atoms with Crippen LogP contribution < -0.4 is 4.74 Å². The van der Waals surface area contributed by atoms with Crippen LogP contribution in [0.4, 0.5) is 0 Å². The summed E-state index contributed by atoms with van der Waals surface area (Å²) in [7, 11) is 0. The highest BCUT2D eigenvalue weighted by molar-refractivity contribution is 5.58. The molecule has 0 saturated heterocycles. The zero-order valence-corrected chi connectivity index (χ0v) is 11.7. The topological polar surface area (TPSA) is 30.8 Å². The van der Waals surface area contributed by atoms with E-state index < -0.39 is 0 Å². The van der Waals surface area contributed by atoms with Gasteiger partial charge in [0.2, 0.25) is 0 Å². The number of hydrogen-bond acceptors (Lipinski definition) is 3. The monoisotopic (exact) mass is 269 g/mol. The van der Waals surface area contributed by atoms with Crippen LogP contribution in [0.2, 0.25) is 0 Å². The molecule has 0 saturated carbocycles. The quantitative estimate of drug-likeness (QED) is 0.567. The minimum Gasteiger partial charge on any atom is -0.488 e. The van der Waals surface area contributed by atoms with Gasteiger partial charge in [-0.15, -0.1) is 0 Å². The molecule has 20 heavy (non-hydrogen) atoms. The van der Waals surface area contributed by atoms with E-state index in [-0.39, 0.29) is 0 Å². The van der Waals surface area contributed by atoms with Gasteiger partial charge >= 0.3 is 0 Å². The van der Waals surface area contributed by atoms with Crippen molar-refractivity contribution in [2.45, 2.75) is 13.3 Å². The van der Waals surface area contributed by atoms with Crippen molar-refractivity contribution in [3.63, 3.8) is 0 Å². The SMILES string of the molecule is CCO/N=C/COc1ccc(Cc2ccccc2)cc1. The van der Waals surface area contributed by atoms with Gasteiger partial charge in [-0.1, -0.05) is 47.6 Å². The Kier molecular flexibility index (Phi) is 5.65. The first-order valence-electron chi connectivity index (χ1n) is 6.78. The standard InChI is InChI=1S/C17H19NO2/c1-2-20-18-12-13-19-17-10-8-16(9-11-17)14-15-6-4-3-5-7-15/h3-12H,2,13-14H2,1H3/b18-12+. The highest BCUT2D eigenvalue weighted by Crippen LogP contribution is 2.15. The fourth-order valence-corrected chi connectivity index (χ4v) is 1.83. The molecule has 0 atom stereocenters. The van der Waals surface area contributed by atoms with Gasteiger partial charge < -0.3 is 9.57 Å². The molecule has 0 amide bonds. The lowest BCUT2D eigenvalue weighted by Crippen LogP contribution is -1.99. The molecular formula is C17H19NO2. The van der Waals surface area contributed by atoms with Gasteiger partial charge in [-0.2, -0.15) is 0 Å². The molecule has 0 N–H and O–H groups in total. The molecule has 3 nitrogen and oxygen atoms in total. The third kappa shape index (κ3) is 4.76. The zero-order valence-electron chi connectivity index (χ0n) is 11.7. The second kappa shape index (κ2) is 8.00. The van der Waals surface area contributed by atoms with Crippen LogP contribution in [0.5, 0.6) is 5.75 Å². The van der Waals surface area contributed by atoms with Gasteiger partial charge in [0.25, 0.3) is 0 Å². The molecule has 0 radical (unpaired) electrons. The second-order valence-electron chi connectivity index (χ2n) is 4.32. The Balaban J connectivity index is 1.84. The van der Waals surface area contributed by atoms with E-state index in [1.54, 1.807) is 6.21 Å². The average Bonchev–Trinajstić information content (AvgIpc) is 2.50. The number of ether oxygens (including phenoxy) is 1. The molecule has 0 aliphatic rings. The summed E-state index contributed by atoms with van der Waals surface area (Å²) in [5.74, 6) is 0.838. The minimum absolute atomic E-state index is 0.415. The number of nitrogens with zero attached hydrogens (tertiary/aromatic N) is 1. The molecule has 2 aromatic rings. The number of hydrogen-bond donors (Lipinski definition) is 0. The van der Waals surface area contributed by atoms with Crippen LogP contribution in [0.1, 0.15) is 18.1 Å². The van der Waals surface area contributed by atoms with Crippen molar-refractivity contribution >= 4 is 6.21 Å². The molecule has 0 aliphatic heterocycles. The lowest BCUT2D eigenvalue weighted by molar-refractivity contribution is 0.158. The largest absolute Gasteiger partial charge is 0.488 e. The summed E-state index contributed by atoms with van der Waals surface area (Å²) in [5, 5.41) is 3.73. The molecule has 0 bridgehead atoms. The van der Waals surface area contributed by atoms with Crippen LogP contribution in [0.25, 0.3) is 0 Å². The third-order valence-electron chi connectivity index (χ3n) is 2.78. The van der Waals surface area contributed by atoms with Crippen LogP contribution in [0.3, 0.4) is 0 Å². The zero-order chi connectivity index (χ0) is 14.0. The minimum atomic E-state index is 0.415. The van der Waals surface area contributed by atoms with Crippen molar-refractivity contribution < 1.29 is 9.57 Å². The maximum absolute atomic E-state index is 5.53. The van der Waals surface area contributed by atoms with Gasteiger partial charge in [0.1, 0.15) is 19.0 Å². The van der Waals surface area contributed by atoms with Crippen molar-refractivity contribution in [3.05, 3.63) is 65.7 Å². The van der Waals surface area contributed by atoms with Crippen LogP contribution >= 0.6 is 0 Å². The van der Waals surface area contributed by atoms with Crippen molar-refractivity contribution in [2.75, 3.05) is 13.2 Å². The Morgan fingerprint density at radius 3 is 2.35 bits per heavy atom. The molecule has 2 rings (SSSR count). The lowest BCUT2D eigenvalue weighted by Gasteiger charge is -2.05. The molecule has 0 aromatic heterocycles. The Bertz CT molecular complexity index is 520. The van der Waals surface area contributed by atoms with Gasteiger partial charge in [-0.3, -0.25) is 0 Å². The Hall–Kier alpha value is -2.29. The van der Waals surface area contributed by atoms with Crippen LogP contribution in [0, 0.1) is 0 Å². The second-order valence-corrected chi connectivity index (χ2v) is 4.32. The first kappa shape index (κ1) is 14.1. The summed E-state index contributed by atoms with van der Waals surface area (Å²) in [6, 6.07) is 18.5. The third-order valence-corrected chi connectivity index (χ3v) is 2.78. The highest BCUT2D eigenvalue weighted by Gasteiger charge is 1.97. The van der Waals surface area contributed by atoms with Crippen molar-refractivity contribution in [3.8, 4) is 5.75 Å². The van der Waals surface area contributed by atoms with Gasteiger partial charge in [-0.05, 0) is 36.6 Å². The van der Waals surface area contributed by atoms with E-state index in [0.717, 1.165) is 12.2 Å². The van der Waals surface area contributed by atoms with Crippen LogP contribution in [0.15, 0.2) is 59.8 Å². The first-order chi connectivity index (χ1) is 9.88. The Labute approximate surface area is 119 Å². The molecule has 0 heterocycles. The molecule has 104 valence electrons. The predicted molar refractivity (Wildman–Crippen MR) is 81.3 cm³/mol. The average molecular weight is 269 g/mol. The van der Waals surface area contributed by atoms with E-state index in [2.05, 4.69) is 41.6 Å². The van der Waals surface area contributed by atoms with Crippen molar-refractivity contribution in [1.29, 1.82) is 0 Å². The fraction of sp³-hybridized carbons (Fsp3) is 0.235. The fourth-order valence-electron chi connectivity index (χ4n) is 1.83. The summed E-state index contributed by atoms with van der Waals surface area (Å²) < 4.78 is 5.53. The molecule has 0 unspecified atom stereocenters. The van der Waals surface area contributed by atoms with E-state index in [1.807, 2.05) is 25.1 Å². The maximum atomic E-state index is 5.53. The number of oxime groups is 1. The number of benzene rings is 2. The lowest BCUT2D eigenvalue weighted by atomic mass is 10.1. The van der Waals surface area contributed by atoms with Gasteiger partial charge in [0, 0.05) is 0 Å². The first-order valence-corrected chi connectivity index (χ1v) is 6.78. The molecular weight excluding hydrogens is 250 g/mol. The normalized spacial score (nSPS) is 10.7. The smallest absolute Gasteiger partial charge is 0.127 e. The van der Waals surface area contributed by atoms with Gasteiger partial charge in [0.15, 0.2) is 0 Å². The Morgan fingerprint density at radius 2 is 1.65 bits per heavy atom. The van der Waals surface area contributed by atoms with Crippen LogP contribution in [-0.4, -0.2) is 19.4 Å². The van der Waals surface area contributed by atoms with E-state index >= 15 is 0 Å². The summed E-state index contributed by atoms with van der Waals surface area (Å²) in [5.41, 5.74) is 2.58. The highest BCUT2D eigenvalue weighted by atomic mass is 16.6. The van der Waals surface area contributed by atoms with E-state index in [0.29, 0.717) is 13.2 Å². The summed E-state index contributed by atoms with van der Waals surface area (Å²) >= 11 is 0. The van der Waals surface area contributed by atoms with E-state index in [9.17, 15) is 0 Å². The summed E-state index contributed by atoms with van der Waals surface area (Å²) in [6.07, 6.45) is 2.55. The van der Waals surface area contributed by atoms with Gasteiger partial charge in [0.05, 0.1) is 6.21 Å². The molecule has 3 heteroatoms. The maximum Gasteiger partial charge on any atom is 0.127 e. The van der Waals surface area contributed by atoms with E-state index in [1.165, 1.54) is 11.1 Å². The van der Waals surface area contributed by atoms with Crippen molar-refractivity contribution in [2.24, 2.45) is 5.16 Å². The molecule has 0 fully saturated rings. The summed E-state index contributed by atoms with van der Waals surface area (Å²) in [6.45, 7) is 2.88. The van der Waals surface area contributed by atoms with Crippen LogP contribution in [-0.2, 0) is 11.3 Å². The van der Waals surface area contributed by atoms with Gasteiger partial charge in [-0.25, -0.2) is 0 Å². The summed E-state index contributed by atoms with van der Waals surface area (Å²) in [4.78, 5) is 4.85. The molecule has 0 spiro atoms. The number of rotatable bonds is 7. The van der Waals surface area contributed by atoms with Crippen molar-refractivity contribution in [1.82, 2.24) is 0 Å². The molecule has 2 aromatic carbocycles.